The lowest BCUT2D eigenvalue weighted by Crippen LogP contribution is -2.24. The van der Waals surface area contributed by atoms with Crippen LogP contribution in [0.2, 0.25) is 0 Å². The van der Waals surface area contributed by atoms with Crippen molar-refractivity contribution < 1.29 is 4.57 Å². The molecule has 3 nitrogen and oxygen atoms in total. The smallest absolute Gasteiger partial charge is 0.188 e. The predicted octanol–water partition coefficient (Wildman–Crippen LogP) is 8.48. The molecule has 0 bridgehead atoms. The summed E-state index contributed by atoms with van der Waals surface area (Å²) in [5.41, 5.74) is 1.26. The molecule has 38 heavy (non-hydrogen) atoms. The van der Waals surface area contributed by atoms with E-state index in [2.05, 4.69) is 35.2 Å². The van der Waals surface area contributed by atoms with Crippen LogP contribution in [0.4, 0.5) is 5.69 Å². The average Bonchev–Trinajstić information content (AvgIpc) is 3.53. The Morgan fingerprint density at radius 3 is 1.74 bits per heavy atom. The van der Waals surface area contributed by atoms with Gasteiger partial charge in [0.25, 0.3) is 0 Å². The molecular formula is C32H17N2OPS2. The highest BCUT2D eigenvalue weighted by Crippen LogP contribution is 2.46. The zero-order chi connectivity index (χ0) is 25.9. The SMILES string of the molecule is [C-]#[N+]c1ccc2c(c1)sc1cc(P(=O)(c3ccccc3)c3ccc4c(c3)sc3cc(C#N)ccc34)ccc12. The summed E-state index contributed by atoms with van der Waals surface area (Å²) in [6.45, 7) is 7.35. The van der Waals surface area contributed by atoms with E-state index in [1.54, 1.807) is 22.7 Å². The van der Waals surface area contributed by atoms with Crippen molar-refractivity contribution in [3.8, 4) is 6.07 Å². The van der Waals surface area contributed by atoms with E-state index in [1.165, 1.54) is 0 Å². The van der Waals surface area contributed by atoms with Gasteiger partial charge in [0.1, 0.15) is 0 Å². The number of benzene rings is 5. The van der Waals surface area contributed by atoms with Gasteiger partial charge in [-0.05, 0) is 35.7 Å². The number of hydrogen-bond acceptors (Lipinski definition) is 4. The molecule has 2 heterocycles. The maximum absolute atomic E-state index is 15.3. The molecule has 1 atom stereocenters. The van der Waals surface area contributed by atoms with Crippen LogP contribution in [0.5, 0.6) is 0 Å². The highest BCUT2D eigenvalue weighted by Gasteiger charge is 2.31. The Morgan fingerprint density at radius 2 is 1.16 bits per heavy atom. The minimum absolute atomic E-state index is 0.623. The molecule has 0 N–H and O–H groups in total. The van der Waals surface area contributed by atoms with Crippen LogP contribution in [-0.4, -0.2) is 0 Å². The van der Waals surface area contributed by atoms with Gasteiger partial charge in [0.05, 0.1) is 18.2 Å². The minimum atomic E-state index is -3.19. The second kappa shape index (κ2) is 8.66. The van der Waals surface area contributed by atoms with E-state index in [-0.39, 0.29) is 0 Å². The summed E-state index contributed by atoms with van der Waals surface area (Å²) in [5.74, 6) is 0. The van der Waals surface area contributed by atoms with Crippen molar-refractivity contribution in [2.75, 3.05) is 0 Å². The molecule has 0 fully saturated rings. The average molecular weight is 541 g/mol. The monoisotopic (exact) mass is 540 g/mol. The van der Waals surface area contributed by atoms with Gasteiger partial charge in [-0.25, -0.2) is 4.85 Å². The third-order valence-corrected chi connectivity index (χ3v) is 12.3. The number of hydrogen-bond donors (Lipinski definition) is 0. The standard InChI is InChI=1S/C32H17N2OPS2/c1-34-21-8-12-26-28-14-10-24(18-32(28)38-30(26)16-21)36(35,22-5-3-2-4-6-22)23-9-13-27-25-11-7-20(19-33)15-29(25)37-31(27)17-23/h2-18H. The highest BCUT2D eigenvalue weighted by molar-refractivity contribution is 7.85. The molecular weight excluding hydrogens is 523 g/mol. The summed E-state index contributed by atoms with van der Waals surface area (Å²) < 4.78 is 19.5. The zero-order valence-corrected chi connectivity index (χ0v) is 22.4. The molecule has 5 aromatic carbocycles. The molecule has 0 aliphatic heterocycles. The van der Waals surface area contributed by atoms with E-state index in [9.17, 15) is 5.26 Å². The van der Waals surface area contributed by atoms with Crippen LogP contribution in [-0.2, 0) is 4.57 Å². The van der Waals surface area contributed by atoms with Gasteiger partial charge in [0.2, 0.25) is 0 Å². The van der Waals surface area contributed by atoms with E-state index < -0.39 is 7.14 Å². The first-order chi connectivity index (χ1) is 18.6. The van der Waals surface area contributed by atoms with Gasteiger partial charge >= 0.3 is 0 Å². The Kier molecular flexibility index (Phi) is 5.22. The van der Waals surface area contributed by atoms with Gasteiger partial charge in [-0.1, -0.05) is 72.8 Å². The molecule has 0 aliphatic carbocycles. The van der Waals surface area contributed by atoms with E-state index in [0.29, 0.717) is 11.3 Å². The maximum Gasteiger partial charge on any atom is 0.188 e. The molecule has 7 aromatic rings. The maximum atomic E-state index is 15.3. The Morgan fingerprint density at radius 1 is 0.632 bits per heavy atom. The lowest BCUT2D eigenvalue weighted by molar-refractivity contribution is 0.592. The van der Waals surface area contributed by atoms with Crippen LogP contribution in [0.15, 0.2) is 103 Å². The van der Waals surface area contributed by atoms with Crippen molar-refractivity contribution in [1.82, 2.24) is 0 Å². The molecule has 2 aromatic heterocycles. The summed E-state index contributed by atoms with van der Waals surface area (Å²) in [5, 5.41) is 16.1. The largest absolute Gasteiger partial charge is 0.309 e. The summed E-state index contributed by atoms with van der Waals surface area (Å²) >= 11 is 3.26. The Bertz CT molecular complexity index is 2060. The quantitative estimate of drug-likeness (QED) is 0.167. The molecule has 0 saturated carbocycles. The van der Waals surface area contributed by atoms with Crippen LogP contribution in [0.25, 0.3) is 45.2 Å². The summed E-state index contributed by atoms with van der Waals surface area (Å²) in [6.07, 6.45) is 0. The number of fused-ring (bicyclic) bond motifs is 6. The van der Waals surface area contributed by atoms with E-state index >= 15 is 4.57 Å². The number of thiophene rings is 2. The lowest BCUT2D eigenvalue weighted by Gasteiger charge is -2.20. The molecule has 0 aliphatic rings. The van der Waals surface area contributed by atoms with Crippen molar-refractivity contribution in [3.63, 3.8) is 0 Å². The van der Waals surface area contributed by atoms with Crippen molar-refractivity contribution in [1.29, 1.82) is 5.26 Å². The fraction of sp³-hybridized carbons (Fsp3) is 0. The molecule has 6 heteroatoms. The normalized spacial score (nSPS) is 13.0. The molecule has 7 rings (SSSR count). The third-order valence-electron chi connectivity index (χ3n) is 7.00. The van der Waals surface area contributed by atoms with Gasteiger partial charge < -0.3 is 4.57 Å². The molecule has 178 valence electrons. The second-order valence-corrected chi connectivity index (χ2v) is 14.1. The lowest BCUT2D eigenvalue weighted by atomic mass is 10.1. The molecule has 1 unspecified atom stereocenters. The minimum Gasteiger partial charge on any atom is -0.309 e. The number of nitrogens with zero attached hydrogens (tertiary/aromatic N) is 2. The van der Waals surface area contributed by atoms with Crippen molar-refractivity contribution >= 4 is 91.8 Å². The molecule has 0 saturated heterocycles. The zero-order valence-electron chi connectivity index (χ0n) is 19.9. The van der Waals surface area contributed by atoms with Gasteiger partial charge in [0, 0.05) is 50.9 Å². The van der Waals surface area contributed by atoms with Gasteiger partial charge in [-0.3, -0.25) is 0 Å². The molecule has 0 radical (unpaired) electrons. The Hall–Kier alpha value is -4.25. The van der Waals surface area contributed by atoms with E-state index in [4.69, 9.17) is 6.57 Å². The first-order valence-corrected chi connectivity index (χ1v) is 15.3. The fourth-order valence-electron chi connectivity index (χ4n) is 5.14. The summed E-state index contributed by atoms with van der Waals surface area (Å²) in [7, 11) is -3.19. The molecule has 0 amide bonds. The Labute approximate surface area is 227 Å². The number of nitriles is 1. The topological polar surface area (TPSA) is 45.2 Å². The number of rotatable bonds is 3. The second-order valence-electron chi connectivity index (χ2n) is 9.12. The van der Waals surface area contributed by atoms with Crippen molar-refractivity contribution in [3.05, 3.63) is 120 Å². The van der Waals surface area contributed by atoms with Crippen molar-refractivity contribution in [2.45, 2.75) is 0 Å². The summed E-state index contributed by atoms with van der Waals surface area (Å²) in [4.78, 5) is 3.57. The highest BCUT2D eigenvalue weighted by atomic mass is 32.1. The predicted molar refractivity (Wildman–Crippen MR) is 163 cm³/mol. The van der Waals surface area contributed by atoms with Crippen LogP contribution >= 0.6 is 29.8 Å². The van der Waals surface area contributed by atoms with Crippen LogP contribution < -0.4 is 15.9 Å². The summed E-state index contributed by atoms with van der Waals surface area (Å²) in [6, 6.07) is 35.8. The van der Waals surface area contributed by atoms with Gasteiger partial charge in [-0.15, -0.1) is 22.7 Å². The van der Waals surface area contributed by atoms with Gasteiger partial charge in [-0.2, -0.15) is 5.26 Å². The first-order valence-electron chi connectivity index (χ1n) is 12.0. The van der Waals surface area contributed by atoms with Crippen LogP contribution in [0.1, 0.15) is 5.56 Å². The van der Waals surface area contributed by atoms with E-state index in [0.717, 1.165) is 56.3 Å². The van der Waals surface area contributed by atoms with Crippen molar-refractivity contribution in [2.24, 2.45) is 0 Å². The van der Waals surface area contributed by atoms with Gasteiger partial charge in [0.15, 0.2) is 12.8 Å². The van der Waals surface area contributed by atoms with Crippen LogP contribution in [0.3, 0.4) is 0 Å². The Balaban J connectivity index is 1.47. The fourth-order valence-corrected chi connectivity index (χ4v) is 10.4. The first kappa shape index (κ1) is 22.9. The van der Waals surface area contributed by atoms with Crippen LogP contribution in [0, 0.1) is 17.9 Å². The third kappa shape index (κ3) is 3.42. The molecule has 0 spiro atoms. The van der Waals surface area contributed by atoms with E-state index in [1.807, 2.05) is 78.9 Å².